The Labute approximate surface area is 116 Å². The van der Waals surface area contributed by atoms with Gasteiger partial charge in [0.2, 0.25) is 5.95 Å². The molecule has 10 heteroatoms. The lowest BCUT2D eigenvalue weighted by Gasteiger charge is -2.06. The summed E-state index contributed by atoms with van der Waals surface area (Å²) in [7, 11) is 0. The fourth-order valence-electron chi connectivity index (χ4n) is 1.47. The number of benzene rings is 1. The van der Waals surface area contributed by atoms with E-state index >= 15 is 0 Å². The largest absolute Gasteiger partial charge is 0.421 e. The molecule has 0 spiro atoms. The van der Waals surface area contributed by atoms with Crippen LogP contribution in [0.5, 0.6) is 11.8 Å². The first-order valence-electron chi connectivity index (χ1n) is 5.61. The van der Waals surface area contributed by atoms with Crippen molar-refractivity contribution in [3.8, 4) is 17.7 Å². The van der Waals surface area contributed by atoms with Gasteiger partial charge in [0, 0.05) is 6.07 Å². The Morgan fingerprint density at radius 1 is 1.14 bits per heavy atom. The lowest BCUT2D eigenvalue weighted by atomic mass is 10.3. The van der Waals surface area contributed by atoms with Gasteiger partial charge in [-0.25, -0.2) is 13.8 Å². The predicted octanol–water partition coefficient (Wildman–Crippen LogP) is 1.10. The van der Waals surface area contributed by atoms with Gasteiger partial charge in [-0.2, -0.15) is 24.7 Å². The molecule has 0 fully saturated rings. The third-order valence-corrected chi connectivity index (χ3v) is 2.34. The average Bonchev–Trinajstić information content (AvgIpc) is 2.96. The first kappa shape index (κ1) is 12.8. The molecule has 3 aromatic rings. The molecule has 0 unspecified atom stereocenters. The zero-order valence-electron chi connectivity index (χ0n) is 10.3. The lowest BCUT2D eigenvalue weighted by Crippen LogP contribution is -2.08. The predicted molar refractivity (Wildman–Crippen MR) is 65.6 cm³/mol. The topological polar surface area (TPSA) is 105 Å². The molecule has 0 bridgehead atoms. The monoisotopic (exact) mass is 291 g/mol. The van der Waals surface area contributed by atoms with Gasteiger partial charge in [0.05, 0.1) is 0 Å². The molecular weight excluding hydrogens is 284 g/mol. The number of hydrogen-bond acceptors (Lipinski definition) is 7. The molecule has 0 aliphatic heterocycles. The van der Waals surface area contributed by atoms with Crippen molar-refractivity contribution < 1.29 is 13.5 Å². The average molecular weight is 291 g/mol. The molecule has 8 nitrogen and oxygen atoms in total. The fourth-order valence-corrected chi connectivity index (χ4v) is 1.47. The highest BCUT2D eigenvalue weighted by molar-refractivity contribution is 5.30. The van der Waals surface area contributed by atoms with E-state index in [1.807, 2.05) is 0 Å². The van der Waals surface area contributed by atoms with Crippen LogP contribution in [0.25, 0.3) is 5.95 Å². The smallest absolute Gasteiger partial charge is 0.328 e. The first-order chi connectivity index (χ1) is 10.1. The Bertz CT molecular complexity index is 778. The molecule has 106 valence electrons. The molecule has 0 amide bonds. The minimum absolute atomic E-state index is 0.0341. The molecule has 1 aromatic carbocycles. The van der Waals surface area contributed by atoms with Crippen molar-refractivity contribution in [1.82, 2.24) is 29.7 Å². The third-order valence-electron chi connectivity index (χ3n) is 2.34. The summed E-state index contributed by atoms with van der Waals surface area (Å²) < 4.78 is 32.9. The number of anilines is 1. The van der Waals surface area contributed by atoms with E-state index in [9.17, 15) is 8.78 Å². The number of ether oxygens (including phenoxy) is 1. The van der Waals surface area contributed by atoms with Gasteiger partial charge in [0.15, 0.2) is 11.6 Å². The van der Waals surface area contributed by atoms with Crippen LogP contribution in [-0.2, 0) is 0 Å². The number of nitrogen functional groups attached to an aromatic ring is 1. The van der Waals surface area contributed by atoms with Gasteiger partial charge < -0.3 is 10.5 Å². The molecule has 0 aliphatic rings. The second-order valence-electron chi connectivity index (χ2n) is 3.79. The summed E-state index contributed by atoms with van der Waals surface area (Å²) in [5, 5.41) is 3.82. The van der Waals surface area contributed by atoms with E-state index in [1.165, 1.54) is 17.3 Å². The molecule has 2 aromatic heterocycles. The summed E-state index contributed by atoms with van der Waals surface area (Å²) in [4.78, 5) is 15.1. The second-order valence-corrected chi connectivity index (χ2v) is 3.79. The number of rotatable bonds is 3. The number of aromatic nitrogens is 6. The second kappa shape index (κ2) is 5.07. The summed E-state index contributed by atoms with van der Waals surface area (Å²) >= 11 is 0. The molecule has 0 aliphatic carbocycles. The molecule has 0 saturated heterocycles. The highest BCUT2D eigenvalue weighted by Crippen LogP contribution is 2.23. The van der Waals surface area contributed by atoms with Gasteiger partial charge in [-0.1, -0.05) is 0 Å². The fraction of sp³-hybridized carbons (Fsp3) is 0. The zero-order chi connectivity index (χ0) is 14.8. The van der Waals surface area contributed by atoms with Crippen LogP contribution in [0.15, 0.2) is 30.9 Å². The summed E-state index contributed by atoms with van der Waals surface area (Å²) in [6, 6.07) is 2.46. The minimum Gasteiger partial charge on any atom is -0.421 e. The van der Waals surface area contributed by atoms with Crippen LogP contribution in [0, 0.1) is 11.6 Å². The molecule has 2 heterocycles. The van der Waals surface area contributed by atoms with E-state index in [0.29, 0.717) is 0 Å². The molecule has 0 radical (unpaired) electrons. The Hall–Kier alpha value is -3.17. The van der Waals surface area contributed by atoms with Crippen molar-refractivity contribution in [2.75, 3.05) is 5.73 Å². The molecule has 3 rings (SSSR count). The van der Waals surface area contributed by atoms with Gasteiger partial charge >= 0.3 is 6.01 Å². The Morgan fingerprint density at radius 3 is 2.76 bits per heavy atom. The van der Waals surface area contributed by atoms with Gasteiger partial charge in [-0.15, -0.1) is 0 Å². The van der Waals surface area contributed by atoms with Crippen LogP contribution in [0.2, 0.25) is 0 Å². The number of nitrogens with two attached hydrogens (primary N) is 1. The number of hydrogen-bond donors (Lipinski definition) is 1. The highest BCUT2D eigenvalue weighted by atomic mass is 19.1. The standard InChI is InChI=1S/C11H7F2N7O/c12-6-1-2-7(13)8(3-6)21-11-18-9(14)17-10(19-11)20-5-15-4-16-20/h1-5H,(H2,14,17,18,19). The molecule has 2 N–H and O–H groups in total. The maximum absolute atomic E-state index is 13.5. The van der Waals surface area contributed by atoms with Crippen LogP contribution >= 0.6 is 0 Å². The van der Waals surface area contributed by atoms with Crippen LogP contribution in [-0.4, -0.2) is 29.7 Å². The van der Waals surface area contributed by atoms with E-state index in [2.05, 4.69) is 25.0 Å². The van der Waals surface area contributed by atoms with Crippen LogP contribution < -0.4 is 10.5 Å². The summed E-state index contributed by atoms with van der Waals surface area (Å²) in [5.74, 6) is -1.93. The molecule has 21 heavy (non-hydrogen) atoms. The van der Waals surface area contributed by atoms with Crippen molar-refractivity contribution in [3.63, 3.8) is 0 Å². The lowest BCUT2D eigenvalue weighted by molar-refractivity contribution is 0.404. The van der Waals surface area contributed by atoms with Crippen LogP contribution in [0.1, 0.15) is 0 Å². The van der Waals surface area contributed by atoms with Gasteiger partial charge in [-0.05, 0) is 12.1 Å². The maximum atomic E-state index is 13.5. The maximum Gasteiger partial charge on any atom is 0.328 e. The van der Waals surface area contributed by atoms with Crippen molar-refractivity contribution in [2.45, 2.75) is 0 Å². The van der Waals surface area contributed by atoms with E-state index < -0.39 is 11.6 Å². The summed E-state index contributed by atoms with van der Waals surface area (Å²) in [6.45, 7) is 0. The number of nitrogens with zero attached hydrogens (tertiary/aromatic N) is 6. The molecule has 0 saturated carbocycles. The SMILES string of the molecule is Nc1nc(Oc2cc(F)ccc2F)nc(-n2cncn2)n1. The van der Waals surface area contributed by atoms with Crippen molar-refractivity contribution in [1.29, 1.82) is 0 Å². The zero-order valence-corrected chi connectivity index (χ0v) is 10.3. The van der Waals surface area contributed by atoms with E-state index in [4.69, 9.17) is 10.5 Å². The Balaban J connectivity index is 1.97. The van der Waals surface area contributed by atoms with Crippen molar-refractivity contribution >= 4 is 5.95 Å². The summed E-state index contributed by atoms with van der Waals surface area (Å²) in [6.07, 6.45) is 2.61. The van der Waals surface area contributed by atoms with Crippen LogP contribution in [0.4, 0.5) is 14.7 Å². The quantitative estimate of drug-likeness (QED) is 0.770. The minimum atomic E-state index is -0.766. The van der Waals surface area contributed by atoms with Crippen molar-refractivity contribution in [3.05, 3.63) is 42.5 Å². The first-order valence-corrected chi connectivity index (χ1v) is 5.61. The summed E-state index contributed by atoms with van der Waals surface area (Å²) in [5.41, 5.74) is 5.52. The van der Waals surface area contributed by atoms with E-state index in [1.54, 1.807) is 0 Å². The van der Waals surface area contributed by atoms with Gasteiger partial charge in [0.25, 0.3) is 5.95 Å². The van der Waals surface area contributed by atoms with E-state index in [0.717, 1.165) is 18.2 Å². The molecular formula is C11H7F2N7O. The normalized spacial score (nSPS) is 10.6. The highest BCUT2D eigenvalue weighted by Gasteiger charge is 2.12. The Kier molecular flexibility index (Phi) is 3.10. The van der Waals surface area contributed by atoms with Gasteiger partial charge in [-0.3, -0.25) is 0 Å². The third kappa shape index (κ3) is 2.73. The molecule has 0 atom stereocenters. The van der Waals surface area contributed by atoms with Gasteiger partial charge in [0.1, 0.15) is 18.5 Å². The van der Waals surface area contributed by atoms with E-state index in [-0.39, 0.29) is 23.7 Å². The Morgan fingerprint density at radius 2 is 2.00 bits per heavy atom. The van der Waals surface area contributed by atoms with Crippen LogP contribution in [0.3, 0.4) is 0 Å². The number of halogens is 2. The van der Waals surface area contributed by atoms with Crippen molar-refractivity contribution in [2.24, 2.45) is 0 Å².